The van der Waals surface area contributed by atoms with Crippen molar-refractivity contribution in [3.63, 3.8) is 0 Å². The van der Waals surface area contributed by atoms with E-state index in [-0.39, 0.29) is 0 Å². The summed E-state index contributed by atoms with van der Waals surface area (Å²) in [7, 11) is 0. The molecule has 0 saturated carbocycles. The monoisotopic (exact) mass is 369 g/mol. The summed E-state index contributed by atoms with van der Waals surface area (Å²) < 4.78 is 7.70. The van der Waals surface area contributed by atoms with E-state index in [1.54, 1.807) is 28.9 Å². The minimum Gasteiger partial charge on any atom is -0.467 e. The van der Waals surface area contributed by atoms with Gasteiger partial charge in [0.2, 0.25) is 0 Å². The summed E-state index contributed by atoms with van der Waals surface area (Å²) in [4.78, 5) is 6.12. The predicted octanol–water partition coefficient (Wildman–Crippen LogP) is 5.54. The highest BCUT2D eigenvalue weighted by molar-refractivity contribution is 7.14. The average molecular weight is 370 g/mol. The van der Waals surface area contributed by atoms with Crippen molar-refractivity contribution < 1.29 is 4.42 Å². The first-order valence-corrected chi connectivity index (χ1v) is 9.88. The predicted molar refractivity (Wildman–Crippen MR) is 104 cm³/mol. The number of aromatic nitrogens is 2. The second-order valence-electron chi connectivity index (χ2n) is 5.92. The number of thiophene rings is 1. The fourth-order valence-corrected chi connectivity index (χ4v) is 4.32. The first kappa shape index (κ1) is 16.2. The Bertz CT molecular complexity index is 949. The molecule has 0 bridgehead atoms. The molecule has 0 aromatic carbocycles. The lowest BCUT2D eigenvalue weighted by Crippen LogP contribution is -2.02. The van der Waals surface area contributed by atoms with Crippen LogP contribution in [0.4, 0.5) is 5.13 Å². The number of aryl methyl sites for hydroxylation is 1. The van der Waals surface area contributed by atoms with Crippen LogP contribution in [0.5, 0.6) is 0 Å². The molecule has 1 N–H and O–H groups in total. The van der Waals surface area contributed by atoms with Gasteiger partial charge in [-0.3, -0.25) is 0 Å². The van der Waals surface area contributed by atoms with Gasteiger partial charge in [-0.15, -0.1) is 22.7 Å². The molecule has 0 saturated heterocycles. The quantitative estimate of drug-likeness (QED) is 0.485. The van der Waals surface area contributed by atoms with Gasteiger partial charge in [-0.2, -0.15) is 0 Å². The van der Waals surface area contributed by atoms with Gasteiger partial charge < -0.3 is 14.3 Å². The molecule has 4 aromatic rings. The van der Waals surface area contributed by atoms with E-state index in [4.69, 9.17) is 9.40 Å². The lowest BCUT2D eigenvalue weighted by molar-refractivity contribution is 0.518. The van der Waals surface area contributed by atoms with E-state index in [2.05, 4.69) is 52.7 Å². The lowest BCUT2D eigenvalue weighted by Gasteiger charge is -2.08. The van der Waals surface area contributed by atoms with Crippen LogP contribution in [-0.4, -0.2) is 9.55 Å². The van der Waals surface area contributed by atoms with Crippen LogP contribution >= 0.6 is 22.7 Å². The van der Waals surface area contributed by atoms with Crippen LogP contribution in [-0.2, 0) is 13.1 Å². The van der Waals surface area contributed by atoms with Gasteiger partial charge in [-0.05, 0) is 43.5 Å². The van der Waals surface area contributed by atoms with Gasteiger partial charge in [0.1, 0.15) is 5.76 Å². The molecule has 0 aliphatic heterocycles. The molecule has 0 fully saturated rings. The van der Waals surface area contributed by atoms with Crippen molar-refractivity contribution in [1.29, 1.82) is 0 Å². The first-order valence-electron chi connectivity index (χ1n) is 8.12. The Morgan fingerprint density at radius 3 is 2.88 bits per heavy atom. The summed E-state index contributed by atoms with van der Waals surface area (Å²) in [6.45, 7) is 5.90. The molecule has 6 heteroatoms. The largest absolute Gasteiger partial charge is 0.467 e. The third-order valence-corrected chi connectivity index (χ3v) is 5.90. The van der Waals surface area contributed by atoms with Gasteiger partial charge in [0.25, 0.3) is 0 Å². The number of hydrogen-bond donors (Lipinski definition) is 1. The molecule has 0 radical (unpaired) electrons. The molecule has 0 aliphatic carbocycles. The zero-order chi connectivity index (χ0) is 17.2. The number of nitrogens with zero attached hydrogens (tertiary/aromatic N) is 2. The third-order valence-electron chi connectivity index (χ3n) is 4.24. The van der Waals surface area contributed by atoms with Crippen molar-refractivity contribution in [2.45, 2.75) is 26.9 Å². The Kier molecular flexibility index (Phi) is 4.46. The molecule has 4 nitrogen and oxygen atoms in total. The van der Waals surface area contributed by atoms with Crippen LogP contribution in [0.15, 0.2) is 51.8 Å². The highest BCUT2D eigenvalue weighted by Crippen LogP contribution is 2.30. The molecule has 0 aliphatic rings. The molecule has 0 spiro atoms. The SMILES string of the molecule is Cc1cc(-c2csc(NCc3ccco3)n2)c(C)n1Cc1cccs1. The molecule has 0 unspecified atom stereocenters. The zero-order valence-corrected chi connectivity index (χ0v) is 15.8. The number of thiazole rings is 1. The van der Waals surface area contributed by atoms with Crippen molar-refractivity contribution in [3.05, 3.63) is 69.4 Å². The van der Waals surface area contributed by atoms with Crippen molar-refractivity contribution in [2.75, 3.05) is 5.32 Å². The summed E-state index contributed by atoms with van der Waals surface area (Å²) >= 11 is 3.42. The van der Waals surface area contributed by atoms with Gasteiger partial charge in [0.05, 0.1) is 25.0 Å². The van der Waals surface area contributed by atoms with Gasteiger partial charge in [0, 0.05) is 27.2 Å². The minimum atomic E-state index is 0.650. The molecule has 0 amide bonds. The molecular formula is C19H19N3OS2. The van der Waals surface area contributed by atoms with Crippen LogP contribution < -0.4 is 5.32 Å². The third kappa shape index (κ3) is 3.41. The van der Waals surface area contributed by atoms with E-state index in [1.165, 1.54) is 21.8 Å². The Morgan fingerprint density at radius 2 is 2.12 bits per heavy atom. The van der Waals surface area contributed by atoms with Gasteiger partial charge in [-0.1, -0.05) is 6.07 Å². The van der Waals surface area contributed by atoms with E-state index in [9.17, 15) is 0 Å². The maximum atomic E-state index is 5.35. The van der Waals surface area contributed by atoms with Crippen molar-refractivity contribution in [3.8, 4) is 11.3 Å². The Labute approximate surface area is 154 Å². The van der Waals surface area contributed by atoms with Crippen LogP contribution in [0.3, 0.4) is 0 Å². The first-order chi connectivity index (χ1) is 12.2. The second-order valence-corrected chi connectivity index (χ2v) is 7.81. The summed E-state index contributed by atoms with van der Waals surface area (Å²) in [5, 5.41) is 8.47. The number of nitrogens with one attached hydrogen (secondary N) is 1. The van der Waals surface area contributed by atoms with E-state index in [1.807, 2.05) is 12.1 Å². The smallest absolute Gasteiger partial charge is 0.183 e. The molecular weight excluding hydrogens is 350 g/mol. The number of furan rings is 1. The van der Waals surface area contributed by atoms with Gasteiger partial charge in [0.15, 0.2) is 5.13 Å². The Morgan fingerprint density at radius 1 is 1.20 bits per heavy atom. The second kappa shape index (κ2) is 6.90. The van der Waals surface area contributed by atoms with Crippen molar-refractivity contribution in [2.24, 2.45) is 0 Å². The van der Waals surface area contributed by atoms with E-state index in [0.29, 0.717) is 6.54 Å². The summed E-state index contributed by atoms with van der Waals surface area (Å²) in [5.41, 5.74) is 4.75. The number of hydrogen-bond acceptors (Lipinski definition) is 5. The highest BCUT2D eigenvalue weighted by atomic mass is 32.1. The Hall–Kier alpha value is -2.31. The van der Waals surface area contributed by atoms with Crippen LogP contribution in [0.2, 0.25) is 0 Å². The molecule has 4 heterocycles. The Balaban J connectivity index is 1.54. The summed E-state index contributed by atoms with van der Waals surface area (Å²) in [6.07, 6.45) is 1.69. The normalized spacial score (nSPS) is 11.1. The lowest BCUT2D eigenvalue weighted by atomic mass is 10.2. The number of rotatable bonds is 6. The van der Waals surface area contributed by atoms with E-state index >= 15 is 0 Å². The minimum absolute atomic E-state index is 0.650. The highest BCUT2D eigenvalue weighted by Gasteiger charge is 2.14. The maximum Gasteiger partial charge on any atom is 0.183 e. The fraction of sp³-hybridized carbons (Fsp3) is 0.211. The van der Waals surface area contributed by atoms with Crippen molar-refractivity contribution in [1.82, 2.24) is 9.55 Å². The molecule has 4 rings (SSSR count). The molecule has 4 aromatic heterocycles. The van der Waals surface area contributed by atoms with Crippen LogP contribution in [0.1, 0.15) is 22.0 Å². The molecule has 128 valence electrons. The number of anilines is 1. The fourth-order valence-electron chi connectivity index (χ4n) is 2.92. The molecule has 0 atom stereocenters. The van der Waals surface area contributed by atoms with Crippen molar-refractivity contribution >= 4 is 27.8 Å². The topological polar surface area (TPSA) is 43.0 Å². The molecule has 25 heavy (non-hydrogen) atoms. The maximum absolute atomic E-state index is 5.35. The van der Waals surface area contributed by atoms with Gasteiger partial charge in [-0.25, -0.2) is 4.98 Å². The van der Waals surface area contributed by atoms with E-state index < -0.39 is 0 Å². The van der Waals surface area contributed by atoms with Crippen LogP contribution in [0, 0.1) is 13.8 Å². The van der Waals surface area contributed by atoms with E-state index in [0.717, 1.165) is 23.1 Å². The van der Waals surface area contributed by atoms with Gasteiger partial charge >= 0.3 is 0 Å². The zero-order valence-electron chi connectivity index (χ0n) is 14.2. The standard InChI is InChI=1S/C19H19N3OS2/c1-13-9-17(14(2)22(13)11-16-6-4-8-24-16)18-12-25-19(21-18)20-10-15-5-3-7-23-15/h3-9,12H,10-11H2,1-2H3,(H,20,21). The average Bonchev–Trinajstić information content (AvgIpc) is 3.38. The van der Waals surface area contributed by atoms with Crippen LogP contribution in [0.25, 0.3) is 11.3 Å². The summed E-state index contributed by atoms with van der Waals surface area (Å²) in [5.74, 6) is 0.908. The summed E-state index contributed by atoms with van der Waals surface area (Å²) in [6, 6.07) is 10.4.